The van der Waals surface area contributed by atoms with Crippen LogP contribution in [-0.2, 0) is 19.2 Å². The topological polar surface area (TPSA) is 68.3 Å². The molecule has 0 unspecified atom stereocenters. The van der Waals surface area contributed by atoms with E-state index in [0.29, 0.717) is 32.1 Å². The van der Waals surface area contributed by atoms with Crippen LogP contribution in [0.5, 0.6) is 0 Å². The van der Waals surface area contributed by atoms with E-state index in [4.69, 9.17) is 0 Å². The number of carbonyl (C=O) groups excluding carboxylic acids is 4. The molecule has 0 aliphatic heterocycles. The highest BCUT2D eigenvalue weighted by Gasteiger charge is 2.09. The lowest BCUT2D eigenvalue weighted by atomic mass is 10.0. The Bertz CT molecular complexity index is 611. The fraction of sp³-hybridized carbons (Fsp3) is 0.630. The zero-order valence-corrected chi connectivity index (χ0v) is 19.7. The molecule has 31 heavy (non-hydrogen) atoms. The first-order chi connectivity index (χ1) is 15.0. The van der Waals surface area contributed by atoms with Gasteiger partial charge in [-0.15, -0.1) is 0 Å². The molecule has 0 N–H and O–H groups in total. The lowest BCUT2D eigenvalue weighted by Gasteiger charge is -2.02. The van der Waals surface area contributed by atoms with Gasteiger partial charge in [-0.2, -0.15) is 0 Å². The number of unbranched alkanes of at least 4 members (excludes halogenated alkanes) is 5. The molecule has 0 amide bonds. The van der Waals surface area contributed by atoms with E-state index in [-0.39, 0.29) is 36.0 Å². The van der Waals surface area contributed by atoms with E-state index < -0.39 is 0 Å². The van der Waals surface area contributed by atoms with Crippen molar-refractivity contribution in [3.05, 3.63) is 36.5 Å². The van der Waals surface area contributed by atoms with Crippen molar-refractivity contribution in [1.82, 2.24) is 0 Å². The molecule has 4 heteroatoms. The molecule has 4 nitrogen and oxygen atoms in total. The third-order valence-electron chi connectivity index (χ3n) is 5.02. The van der Waals surface area contributed by atoms with Gasteiger partial charge < -0.3 is 4.79 Å². The average Bonchev–Trinajstić information content (AvgIpc) is 2.74. The largest absolute Gasteiger partial charge is 0.300 e. The summed E-state index contributed by atoms with van der Waals surface area (Å²) >= 11 is 0. The van der Waals surface area contributed by atoms with Crippen molar-refractivity contribution in [3.63, 3.8) is 0 Å². The summed E-state index contributed by atoms with van der Waals surface area (Å²) < 4.78 is 0. The SMILES string of the molecule is CCCCCCC(=O)CCC(=O)CCC(=O)CCCCC=CC=CC=CCCC(C)=O. The van der Waals surface area contributed by atoms with Gasteiger partial charge in [0.25, 0.3) is 0 Å². The van der Waals surface area contributed by atoms with E-state index in [1.807, 2.05) is 30.4 Å². The van der Waals surface area contributed by atoms with Gasteiger partial charge in [0.05, 0.1) is 0 Å². The smallest absolute Gasteiger partial charge is 0.133 e. The Morgan fingerprint density at radius 1 is 0.516 bits per heavy atom. The Morgan fingerprint density at radius 3 is 1.52 bits per heavy atom. The molecule has 0 spiro atoms. The Morgan fingerprint density at radius 2 is 1.00 bits per heavy atom. The Labute approximate surface area is 189 Å². The molecule has 0 aliphatic carbocycles. The molecule has 0 saturated heterocycles. The molecule has 0 aliphatic rings. The Balaban J connectivity index is 3.65. The highest BCUT2D eigenvalue weighted by molar-refractivity contribution is 5.89. The van der Waals surface area contributed by atoms with Crippen LogP contribution in [0.25, 0.3) is 0 Å². The normalized spacial score (nSPS) is 11.7. The fourth-order valence-electron chi connectivity index (χ4n) is 3.03. The number of rotatable bonds is 21. The van der Waals surface area contributed by atoms with Gasteiger partial charge in [0.2, 0.25) is 0 Å². The summed E-state index contributed by atoms with van der Waals surface area (Å²) in [5, 5.41) is 0. The first-order valence-electron chi connectivity index (χ1n) is 12.0. The third kappa shape index (κ3) is 22.4. The van der Waals surface area contributed by atoms with Crippen LogP contribution in [-0.4, -0.2) is 23.1 Å². The van der Waals surface area contributed by atoms with Crippen LogP contribution in [0, 0.1) is 0 Å². The molecular weight excluding hydrogens is 388 g/mol. The maximum absolute atomic E-state index is 11.9. The Hall–Kier alpha value is -2.10. The zero-order chi connectivity index (χ0) is 23.2. The lowest BCUT2D eigenvalue weighted by molar-refractivity contribution is -0.126. The van der Waals surface area contributed by atoms with E-state index in [2.05, 4.69) is 13.0 Å². The highest BCUT2D eigenvalue weighted by atomic mass is 16.1. The minimum absolute atomic E-state index is 0.0281. The maximum atomic E-state index is 11.9. The van der Waals surface area contributed by atoms with Crippen molar-refractivity contribution in [2.24, 2.45) is 0 Å². The minimum atomic E-state index is 0.0281. The second kappa shape index (κ2) is 21.1. The quantitative estimate of drug-likeness (QED) is 0.148. The number of ketones is 4. The Kier molecular flexibility index (Phi) is 19.7. The first-order valence-corrected chi connectivity index (χ1v) is 12.0. The molecule has 0 aromatic carbocycles. The van der Waals surface area contributed by atoms with Gasteiger partial charge in [0, 0.05) is 44.9 Å². The monoisotopic (exact) mass is 430 g/mol. The van der Waals surface area contributed by atoms with E-state index >= 15 is 0 Å². The summed E-state index contributed by atoms with van der Waals surface area (Å²) in [6.07, 6.45) is 22.5. The van der Waals surface area contributed by atoms with Gasteiger partial charge in [0.1, 0.15) is 23.1 Å². The number of Topliss-reactive ketones (excluding diaryl/α,β-unsaturated/α-hetero) is 4. The summed E-state index contributed by atoms with van der Waals surface area (Å²) in [4.78, 5) is 46.3. The summed E-state index contributed by atoms with van der Waals surface area (Å²) in [6, 6.07) is 0. The molecule has 0 aromatic heterocycles. The lowest BCUT2D eigenvalue weighted by Crippen LogP contribution is -2.07. The molecule has 0 fully saturated rings. The van der Waals surface area contributed by atoms with Crippen molar-refractivity contribution < 1.29 is 19.2 Å². The summed E-state index contributed by atoms with van der Waals surface area (Å²) in [7, 11) is 0. The molecule has 0 saturated carbocycles. The minimum Gasteiger partial charge on any atom is -0.300 e. The van der Waals surface area contributed by atoms with Gasteiger partial charge >= 0.3 is 0 Å². The van der Waals surface area contributed by atoms with E-state index in [1.54, 1.807) is 6.92 Å². The van der Waals surface area contributed by atoms with Crippen LogP contribution in [0.1, 0.15) is 110 Å². The number of carbonyl (C=O) groups is 4. The number of hydrogen-bond acceptors (Lipinski definition) is 4. The standard InChI is InChI=1S/C27H42O4/c1-3-4-5-15-18-25(29)20-22-27(31)23-21-26(30)19-16-13-11-9-7-6-8-10-12-14-17-24(2)28/h6-10,12H,3-5,11,13-23H2,1-2H3. The number of hydrogen-bond donors (Lipinski definition) is 0. The molecule has 0 heterocycles. The summed E-state index contributed by atoms with van der Waals surface area (Å²) in [6.45, 7) is 3.74. The predicted molar refractivity (Wildman–Crippen MR) is 128 cm³/mol. The average molecular weight is 431 g/mol. The van der Waals surface area contributed by atoms with Gasteiger partial charge in [-0.25, -0.2) is 0 Å². The van der Waals surface area contributed by atoms with Crippen LogP contribution in [0.2, 0.25) is 0 Å². The van der Waals surface area contributed by atoms with Crippen molar-refractivity contribution in [2.45, 2.75) is 110 Å². The molecule has 174 valence electrons. The van der Waals surface area contributed by atoms with E-state index in [1.165, 1.54) is 0 Å². The van der Waals surface area contributed by atoms with Gasteiger partial charge in [0.15, 0.2) is 0 Å². The summed E-state index contributed by atoms with van der Waals surface area (Å²) in [5.74, 6) is 0.542. The highest BCUT2D eigenvalue weighted by Crippen LogP contribution is 2.09. The predicted octanol–water partition coefficient (Wildman–Crippen LogP) is 6.82. The second-order valence-corrected chi connectivity index (χ2v) is 8.15. The van der Waals surface area contributed by atoms with E-state index in [0.717, 1.165) is 51.4 Å². The van der Waals surface area contributed by atoms with Crippen molar-refractivity contribution in [3.8, 4) is 0 Å². The van der Waals surface area contributed by atoms with Gasteiger partial charge in [-0.05, 0) is 39.0 Å². The molecule has 0 rings (SSSR count). The van der Waals surface area contributed by atoms with Crippen LogP contribution in [0.3, 0.4) is 0 Å². The zero-order valence-electron chi connectivity index (χ0n) is 19.7. The van der Waals surface area contributed by atoms with Crippen LogP contribution in [0.4, 0.5) is 0 Å². The second-order valence-electron chi connectivity index (χ2n) is 8.15. The maximum Gasteiger partial charge on any atom is 0.133 e. The van der Waals surface area contributed by atoms with Gasteiger partial charge in [-0.3, -0.25) is 14.4 Å². The van der Waals surface area contributed by atoms with Crippen molar-refractivity contribution in [1.29, 1.82) is 0 Å². The van der Waals surface area contributed by atoms with Crippen molar-refractivity contribution >= 4 is 23.1 Å². The van der Waals surface area contributed by atoms with Crippen LogP contribution < -0.4 is 0 Å². The number of allylic oxidation sites excluding steroid dienone is 6. The molecule has 0 radical (unpaired) electrons. The molecule has 0 atom stereocenters. The van der Waals surface area contributed by atoms with Crippen LogP contribution >= 0.6 is 0 Å². The van der Waals surface area contributed by atoms with Crippen LogP contribution in [0.15, 0.2) is 36.5 Å². The van der Waals surface area contributed by atoms with Crippen molar-refractivity contribution in [2.75, 3.05) is 0 Å². The summed E-state index contributed by atoms with van der Waals surface area (Å²) in [5.41, 5.74) is 0. The first kappa shape index (κ1) is 28.9. The third-order valence-corrected chi connectivity index (χ3v) is 5.02. The fourth-order valence-corrected chi connectivity index (χ4v) is 3.03. The van der Waals surface area contributed by atoms with Gasteiger partial charge in [-0.1, -0.05) is 62.6 Å². The van der Waals surface area contributed by atoms with E-state index in [9.17, 15) is 19.2 Å². The molecule has 0 aromatic rings. The molecular formula is C27H42O4. The molecule has 0 bridgehead atoms.